The first-order chi connectivity index (χ1) is 8.09. The molecule has 0 aromatic carbocycles. The Labute approximate surface area is 100 Å². The molecule has 6 heteroatoms. The zero-order valence-corrected chi connectivity index (χ0v) is 10.0. The zero-order chi connectivity index (χ0) is 12.7. The SMILES string of the molecule is CC1CCNCC1NC(=O)CCOCC(F)F. The Kier molecular flexibility index (Phi) is 6.36. The van der Waals surface area contributed by atoms with Crippen LogP contribution in [0.3, 0.4) is 0 Å². The molecule has 4 nitrogen and oxygen atoms in total. The van der Waals surface area contributed by atoms with Crippen LogP contribution in [-0.4, -0.2) is 44.7 Å². The van der Waals surface area contributed by atoms with Crippen molar-refractivity contribution >= 4 is 5.91 Å². The second kappa shape index (κ2) is 7.55. The lowest BCUT2D eigenvalue weighted by Crippen LogP contribution is -2.50. The molecule has 2 N–H and O–H groups in total. The van der Waals surface area contributed by atoms with Gasteiger partial charge in [0.2, 0.25) is 5.91 Å². The van der Waals surface area contributed by atoms with Crippen molar-refractivity contribution in [2.45, 2.75) is 32.2 Å². The van der Waals surface area contributed by atoms with Gasteiger partial charge in [-0.05, 0) is 18.9 Å². The molecule has 0 aliphatic carbocycles. The lowest BCUT2D eigenvalue weighted by molar-refractivity contribution is -0.123. The van der Waals surface area contributed by atoms with Gasteiger partial charge in [-0.3, -0.25) is 4.79 Å². The van der Waals surface area contributed by atoms with Gasteiger partial charge in [0.1, 0.15) is 6.61 Å². The number of nitrogens with one attached hydrogen (secondary N) is 2. The van der Waals surface area contributed by atoms with Crippen LogP contribution in [0.1, 0.15) is 19.8 Å². The molecule has 0 saturated carbocycles. The molecular formula is C11H20F2N2O2. The summed E-state index contributed by atoms with van der Waals surface area (Å²) in [5.41, 5.74) is 0. The fraction of sp³-hybridized carbons (Fsp3) is 0.909. The molecule has 1 amide bonds. The zero-order valence-electron chi connectivity index (χ0n) is 10.0. The van der Waals surface area contributed by atoms with Crippen LogP contribution >= 0.6 is 0 Å². The highest BCUT2D eigenvalue weighted by molar-refractivity contribution is 5.76. The molecule has 1 aliphatic heterocycles. The van der Waals surface area contributed by atoms with E-state index in [0.717, 1.165) is 19.5 Å². The number of ether oxygens (including phenoxy) is 1. The summed E-state index contributed by atoms with van der Waals surface area (Å²) in [4.78, 5) is 11.5. The van der Waals surface area contributed by atoms with Crippen LogP contribution in [-0.2, 0) is 9.53 Å². The van der Waals surface area contributed by atoms with Crippen LogP contribution in [0.2, 0.25) is 0 Å². The van der Waals surface area contributed by atoms with E-state index < -0.39 is 13.0 Å². The van der Waals surface area contributed by atoms with Crippen LogP contribution in [0.25, 0.3) is 0 Å². The summed E-state index contributed by atoms with van der Waals surface area (Å²) in [6.45, 7) is 3.29. The number of amides is 1. The molecule has 0 spiro atoms. The van der Waals surface area contributed by atoms with Gasteiger partial charge >= 0.3 is 0 Å². The largest absolute Gasteiger partial charge is 0.375 e. The molecule has 1 saturated heterocycles. The van der Waals surface area contributed by atoms with Crippen LogP contribution in [0.15, 0.2) is 0 Å². The number of hydrogen-bond acceptors (Lipinski definition) is 3. The molecule has 2 unspecified atom stereocenters. The first-order valence-electron chi connectivity index (χ1n) is 5.95. The number of hydrogen-bond donors (Lipinski definition) is 2. The number of alkyl halides is 2. The molecule has 100 valence electrons. The summed E-state index contributed by atoms with van der Waals surface area (Å²) >= 11 is 0. The van der Waals surface area contributed by atoms with Crippen molar-refractivity contribution in [1.29, 1.82) is 0 Å². The molecule has 17 heavy (non-hydrogen) atoms. The summed E-state index contributed by atoms with van der Waals surface area (Å²) < 4.78 is 28.2. The van der Waals surface area contributed by atoms with Crippen molar-refractivity contribution in [3.63, 3.8) is 0 Å². The molecular weight excluding hydrogens is 230 g/mol. The summed E-state index contributed by atoms with van der Waals surface area (Å²) in [5.74, 6) is 0.307. The van der Waals surface area contributed by atoms with Crippen molar-refractivity contribution in [3.05, 3.63) is 0 Å². The van der Waals surface area contributed by atoms with Gasteiger partial charge in [-0.2, -0.15) is 0 Å². The molecule has 0 radical (unpaired) electrons. The summed E-state index contributed by atoms with van der Waals surface area (Å²) in [6, 6.07) is 0.131. The predicted octanol–water partition coefficient (Wildman–Crippen LogP) is 0.772. The van der Waals surface area contributed by atoms with Gasteiger partial charge in [0.15, 0.2) is 0 Å². The van der Waals surface area contributed by atoms with E-state index in [4.69, 9.17) is 0 Å². The quantitative estimate of drug-likeness (QED) is 0.685. The summed E-state index contributed by atoms with van der Waals surface area (Å²) in [7, 11) is 0. The van der Waals surface area contributed by atoms with Crippen molar-refractivity contribution in [2.75, 3.05) is 26.3 Å². The van der Waals surface area contributed by atoms with Gasteiger partial charge in [-0.25, -0.2) is 8.78 Å². The van der Waals surface area contributed by atoms with Gasteiger partial charge in [0.25, 0.3) is 6.43 Å². The van der Waals surface area contributed by atoms with E-state index in [1.807, 2.05) is 0 Å². The van der Waals surface area contributed by atoms with E-state index in [1.54, 1.807) is 0 Å². The Hall–Kier alpha value is -0.750. The van der Waals surface area contributed by atoms with Gasteiger partial charge in [-0.15, -0.1) is 0 Å². The highest BCUT2D eigenvalue weighted by atomic mass is 19.3. The number of piperidine rings is 1. The summed E-state index contributed by atoms with van der Waals surface area (Å²) in [5, 5.41) is 6.10. The maximum absolute atomic E-state index is 11.7. The molecule has 1 heterocycles. The maximum atomic E-state index is 11.7. The van der Waals surface area contributed by atoms with Gasteiger partial charge in [0.05, 0.1) is 6.61 Å². The molecule has 0 aromatic heterocycles. The number of rotatable bonds is 6. The normalized spacial score (nSPS) is 24.9. The Bertz CT molecular complexity index is 240. The van der Waals surface area contributed by atoms with Crippen LogP contribution in [0, 0.1) is 5.92 Å². The van der Waals surface area contributed by atoms with E-state index >= 15 is 0 Å². The lowest BCUT2D eigenvalue weighted by atomic mass is 9.95. The molecule has 2 atom stereocenters. The van der Waals surface area contributed by atoms with Crippen LogP contribution in [0.5, 0.6) is 0 Å². The van der Waals surface area contributed by atoms with Crippen LogP contribution in [0.4, 0.5) is 8.78 Å². The fourth-order valence-corrected chi connectivity index (χ4v) is 1.80. The maximum Gasteiger partial charge on any atom is 0.261 e. The Balaban J connectivity index is 2.11. The van der Waals surface area contributed by atoms with E-state index in [9.17, 15) is 13.6 Å². The number of carbonyl (C=O) groups excluding carboxylic acids is 1. The smallest absolute Gasteiger partial charge is 0.261 e. The summed E-state index contributed by atoms with van der Waals surface area (Å²) in [6.07, 6.45) is -1.30. The topological polar surface area (TPSA) is 50.4 Å². The van der Waals surface area contributed by atoms with Gasteiger partial charge < -0.3 is 15.4 Å². The molecule has 0 aromatic rings. The first-order valence-corrected chi connectivity index (χ1v) is 5.95. The average molecular weight is 250 g/mol. The fourth-order valence-electron chi connectivity index (χ4n) is 1.80. The minimum Gasteiger partial charge on any atom is -0.375 e. The van der Waals surface area contributed by atoms with E-state index in [-0.39, 0.29) is 25.0 Å². The van der Waals surface area contributed by atoms with E-state index in [0.29, 0.717) is 5.92 Å². The molecule has 1 aliphatic rings. The van der Waals surface area contributed by atoms with Crippen molar-refractivity contribution in [3.8, 4) is 0 Å². The first kappa shape index (κ1) is 14.3. The van der Waals surface area contributed by atoms with Gasteiger partial charge in [0, 0.05) is 19.0 Å². The highest BCUT2D eigenvalue weighted by Crippen LogP contribution is 2.11. The van der Waals surface area contributed by atoms with Crippen molar-refractivity contribution in [1.82, 2.24) is 10.6 Å². The third-order valence-electron chi connectivity index (χ3n) is 2.89. The Morgan fingerprint density at radius 3 is 3.00 bits per heavy atom. The monoisotopic (exact) mass is 250 g/mol. The minimum atomic E-state index is -2.47. The van der Waals surface area contributed by atoms with E-state index in [1.165, 1.54) is 0 Å². The number of carbonyl (C=O) groups is 1. The van der Waals surface area contributed by atoms with Crippen molar-refractivity contribution < 1.29 is 18.3 Å². The second-order valence-corrected chi connectivity index (χ2v) is 4.36. The molecule has 0 bridgehead atoms. The third kappa shape index (κ3) is 5.93. The number of halogens is 2. The second-order valence-electron chi connectivity index (χ2n) is 4.36. The van der Waals surface area contributed by atoms with Gasteiger partial charge in [-0.1, -0.05) is 6.92 Å². The molecule has 1 fully saturated rings. The Morgan fingerprint density at radius 2 is 2.35 bits per heavy atom. The standard InChI is InChI=1S/C11H20F2N2O2/c1-8-2-4-14-6-9(8)15-11(16)3-5-17-7-10(12)13/h8-10,14H,2-7H2,1H3,(H,15,16). The lowest BCUT2D eigenvalue weighted by Gasteiger charge is -2.30. The third-order valence-corrected chi connectivity index (χ3v) is 2.89. The highest BCUT2D eigenvalue weighted by Gasteiger charge is 2.22. The van der Waals surface area contributed by atoms with Crippen LogP contribution < -0.4 is 10.6 Å². The minimum absolute atomic E-state index is 0.0463. The average Bonchev–Trinajstić information content (AvgIpc) is 2.27. The Morgan fingerprint density at radius 1 is 1.59 bits per heavy atom. The van der Waals surface area contributed by atoms with E-state index in [2.05, 4.69) is 22.3 Å². The predicted molar refractivity (Wildman–Crippen MR) is 60.0 cm³/mol. The molecule has 1 rings (SSSR count). The van der Waals surface area contributed by atoms with Crippen molar-refractivity contribution in [2.24, 2.45) is 5.92 Å².